The molecule has 0 aromatic carbocycles. The number of nitrogens with two attached hydrogens (primary N) is 1. The summed E-state index contributed by atoms with van der Waals surface area (Å²) in [4.78, 5) is 12.2. The van der Waals surface area contributed by atoms with E-state index in [-0.39, 0.29) is 28.2 Å². The average Bonchev–Trinajstić information content (AvgIpc) is 2.09. The van der Waals surface area contributed by atoms with E-state index in [9.17, 15) is 4.79 Å². The van der Waals surface area contributed by atoms with E-state index in [4.69, 9.17) is 5.73 Å². The zero-order valence-corrected chi connectivity index (χ0v) is 13.8. The molecule has 0 spiro atoms. The van der Waals surface area contributed by atoms with E-state index in [1.807, 2.05) is 20.8 Å². The molecule has 1 saturated carbocycles. The van der Waals surface area contributed by atoms with Crippen molar-refractivity contribution in [2.45, 2.75) is 79.8 Å². The molecule has 1 aliphatic carbocycles. The number of carbonyl (C=O) groups is 1. The summed E-state index contributed by atoms with van der Waals surface area (Å²) >= 11 is 0. The lowest BCUT2D eigenvalue weighted by molar-refractivity contribution is -0.126. The fraction of sp³-hybridized carbons (Fsp3) is 0.938. The maximum atomic E-state index is 12.2. The molecule has 0 aromatic heterocycles. The molecule has 0 saturated heterocycles. The molecule has 112 valence electrons. The Morgan fingerprint density at radius 1 is 1.16 bits per heavy atom. The highest BCUT2D eigenvalue weighted by Crippen LogP contribution is 2.45. The predicted octanol–water partition coefficient (Wildman–Crippen LogP) is 3.08. The summed E-state index contributed by atoms with van der Waals surface area (Å²) in [5.41, 5.74) is 6.41. The van der Waals surface area contributed by atoms with Crippen molar-refractivity contribution in [3.8, 4) is 0 Å². The molecule has 0 heterocycles. The number of amides is 1. The highest BCUT2D eigenvalue weighted by molar-refractivity contribution is 5.82. The van der Waals surface area contributed by atoms with Crippen molar-refractivity contribution in [1.82, 2.24) is 5.32 Å². The lowest BCUT2D eigenvalue weighted by Crippen LogP contribution is -2.54. The summed E-state index contributed by atoms with van der Waals surface area (Å²) in [6, 6.07) is -0.194. The van der Waals surface area contributed by atoms with E-state index in [1.54, 1.807) is 0 Å². The van der Waals surface area contributed by atoms with Crippen molar-refractivity contribution in [2.24, 2.45) is 22.0 Å². The van der Waals surface area contributed by atoms with Gasteiger partial charge in [-0.1, -0.05) is 48.5 Å². The van der Waals surface area contributed by atoms with Crippen LogP contribution in [0.1, 0.15) is 67.7 Å². The number of hydrogen-bond acceptors (Lipinski definition) is 2. The van der Waals surface area contributed by atoms with Gasteiger partial charge in [0.05, 0.1) is 6.04 Å². The Bertz CT molecular complexity index is 323. The number of carbonyl (C=O) groups excluding carboxylic acids is 1. The summed E-state index contributed by atoms with van der Waals surface area (Å²) in [5.74, 6) is -0.00833. The molecule has 1 fully saturated rings. The van der Waals surface area contributed by atoms with Gasteiger partial charge in [-0.05, 0) is 35.5 Å². The Hall–Kier alpha value is -0.570. The third-order valence-corrected chi connectivity index (χ3v) is 4.12. The highest BCUT2D eigenvalue weighted by atomic mass is 16.2. The molecule has 0 bridgehead atoms. The maximum absolute atomic E-state index is 12.2. The van der Waals surface area contributed by atoms with Crippen molar-refractivity contribution in [3.63, 3.8) is 0 Å². The SMILES string of the molecule is CC1(C)CC(NC(=O)[C@H](N)C(C)(C)C)CC(C)(C)C1. The van der Waals surface area contributed by atoms with Gasteiger partial charge in [0.25, 0.3) is 0 Å². The molecule has 3 heteroatoms. The van der Waals surface area contributed by atoms with E-state index < -0.39 is 6.04 Å². The van der Waals surface area contributed by atoms with E-state index >= 15 is 0 Å². The van der Waals surface area contributed by atoms with Crippen LogP contribution in [0.15, 0.2) is 0 Å². The van der Waals surface area contributed by atoms with Crippen molar-refractivity contribution in [3.05, 3.63) is 0 Å². The van der Waals surface area contributed by atoms with Gasteiger partial charge in [-0.2, -0.15) is 0 Å². The quantitative estimate of drug-likeness (QED) is 0.808. The van der Waals surface area contributed by atoms with Crippen LogP contribution in [0.2, 0.25) is 0 Å². The molecular weight excluding hydrogens is 236 g/mol. The molecular formula is C16H32N2O. The topological polar surface area (TPSA) is 55.1 Å². The molecule has 1 aliphatic rings. The van der Waals surface area contributed by atoms with Gasteiger partial charge < -0.3 is 11.1 Å². The molecule has 0 radical (unpaired) electrons. The number of hydrogen-bond donors (Lipinski definition) is 2. The lowest BCUT2D eigenvalue weighted by Gasteiger charge is -2.45. The first-order valence-corrected chi connectivity index (χ1v) is 7.38. The fourth-order valence-electron chi connectivity index (χ4n) is 3.63. The summed E-state index contributed by atoms with van der Waals surface area (Å²) < 4.78 is 0. The Morgan fingerprint density at radius 3 is 1.95 bits per heavy atom. The van der Waals surface area contributed by atoms with E-state index in [1.165, 1.54) is 6.42 Å². The summed E-state index contributed by atoms with van der Waals surface area (Å²) in [6.07, 6.45) is 3.29. The fourth-order valence-corrected chi connectivity index (χ4v) is 3.63. The number of nitrogens with one attached hydrogen (secondary N) is 1. The van der Waals surface area contributed by atoms with Crippen molar-refractivity contribution in [1.29, 1.82) is 0 Å². The number of rotatable bonds is 2. The van der Waals surface area contributed by atoms with Gasteiger partial charge in [-0.25, -0.2) is 0 Å². The Morgan fingerprint density at radius 2 is 1.58 bits per heavy atom. The maximum Gasteiger partial charge on any atom is 0.237 e. The van der Waals surface area contributed by atoms with Crippen LogP contribution in [0.25, 0.3) is 0 Å². The van der Waals surface area contributed by atoms with Crippen LogP contribution in [0.5, 0.6) is 0 Å². The minimum absolute atomic E-state index is 0.00833. The van der Waals surface area contributed by atoms with Gasteiger partial charge in [0.2, 0.25) is 5.91 Å². The molecule has 0 unspecified atom stereocenters. The van der Waals surface area contributed by atoms with Crippen LogP contribution in [-0.2, 0) is 4.79 Å². The minimum atomic E-state index is -0.444. The Labute approximate surface area is 118 Å². The zero-order valence-electron chi connectivity index (χ0n) is 13.8. The first-order chi connectivity index (χ1) is 8.32. The molecule has 0 aromatic rings. The molecule has 1 rings (SSSR count). The van der Waals surface area contributed by atoms with Gasteiger partial charge >= 0.3 is 0 Å². The standard InChI is InChI=1S/C16H32N2O/c1-14(2,3)12(17)13(19)18-11-8-15(4,5)10-16(6,7)9-11/h11-12H,8-10,17H2,1-7H3,(H,18,19)/t12-/m0/s1. The zero-order chi connectivity index (χ0) is 15.1. The third-order valence-electron chi connectivity index (χ3n) is 4.12. The van der Waals surface area contributed by atoms with E-state index in [0.717, 1.165) is 12.8 Å². The van der Waals surface area contributed by atoms with Crippen LogP contribution in [0, 0.1) is 16.2 Å². The van der Waals surface area contributed by atoms with Crippen LogP contribution in [0.3, 0.4) is 0 Å². The van der Waals surface area contributed by atoms with Crippen molar-refractivity contribution < 1.29 is 4.79 Å². The Kier molecular flexibility index (Phi) is 4.41. The monoisotopic (exact) mass is 268 g/mol. The van der Waals surface area contributed by atoms with Gasteiger partial charge in [0.15, 0.2) is 0 Å². The van der Waals surface area contributed by atoms with Gasteiger partial charge in [0, 0.05) is 6.04 Å². The third kappa shape index (κ3) is 4.79. The molecule has 1 atom stereocenters. The van der Waals surface area contributed by atoms with E-state index in [2.05, 4.69) is 33.0 Å². The van der Waals surface area contributed by atoms with Crippen LogP contribution in [0.4, 0.5) is 0 Å². The molecule has 1 amide bonds. The first kappa shape index (κ1) is 16.5. The minimum Gasteiger partial charge on any atom is -0.352 e. The van der Waals surface area contributed by atoms with Crippen LogP contribution >= 0.6 is 0 Å². The second-order valence-corrected chi connectivity index (χ2v) is 8.96. The van der Waals surface area contributed by atoms with Crippen molar-refractivity contribution >= 4 is 5.91 Å². The van der Waals surface area contributed by atoms with Crippen LogP contribution in [-0.4, -0.2) is 18.0 Å². The second-order valence-electron chi connectivity index (χ2n) is 8.96. The van der Waals surface area contributed by atoms with Gasteiger partial charge in [0.1, 0.15) is 0 Å². The molecule has 0 aliphatic heterocycles. The summed E-state index contributed by atoms with van der Waals surface area (Å²) in [7, 11) is 0. The second kappa shape index (κ2) is 5.08. The van der Waals surface area contributed by atoms with Crippen molar-refractivity contribution in [2.75, 3.05) is 0 Å². The first-order valence-electron chi connectivity index (χ1n) is 7.38. The summed E-state index contributed by atoms with van der Waals surface area (Å²) in [5, 5.41) is 3.17. The van der Waals surface area contributed by atoms with Gasteiger partial charge in [-0.3, -0.25) is 4.79 Å². The largest absolute Gasteiger partial charge is 0.352 e. The highest BCUT2D eigenvalue weighted by Gasteiger charge is 2.40. The normalized spacial score (nSPS) is 24.8. The van der Waals surface area contributed by atoms with E-state index in [0.29, 0.717) is 0 Å². The van der Waals surface area contributed by atoms with Gasteiger partial charge in [-0.15, -0.1) is 0 Å². The predicted molar refractivity (Wildman–Crippen MR) is 80.8 cm³/mol. The molecule has 3 N–H and O–H groups in total. The molecule has 3 nitrogen and oxygen atoms in total. The smallest absolute Gasteiger partial charge is 0.237 e. The Balaban J connectivity index is 2.69. The summed E-state index contributed by atoms with van der Waals surface area (Å²) in [6.45, 7) is 15.2. The average molecular weight is 268 g/mol. The molecule has 19 heavy (non-hydrogen) atoms. The lowest BCUT2D eigenvalue weighted by atomic mass is 9.63. The van der Waals surface area contributed by atoms with Crippen LogP contribution < -0.4 is 11.1 Å².